The number of hydrogen-bond acceptors (Lipinski definition) is 4. The minimum Gasteiger partial charge on any atom is -0.362 e. The van der Waals surface area contributed by atoms with Gasteiger partial charge in [0.25, 0.3) is 0 Å². The summed E-state index contributed by atoms with van der Waals surface area (Å²) < 4.78 is 1.27. The minimum atomic E-state index is 0.880. The Morgan fingerprint density at radius 2 is 1.74 bits per heavy atom. The van der Waals surface area contributed by atoms with Crippen molar-refractivity contribution in [2.24, 2.45) is 0 Å². The number of benzene rings is 2. The van der Waals surface area contributed by atoms with Gasteiger partial charge in [-0.2, -0.15) is 0 Å². The summed E-state index contributed by atoms with van der Waals surface area (Å²) in [5, 5.41) is 5.49. The number of nitrogens with one attached hydrogen (secondary N) is 1. The molecule has 1 aliphatic heterocycles. The van der Waals surface area contributed by atoms with Crippen LogP contribution in [0.5, 0.6) is 0 Å². The molecule has 27 heavy (non-hydrogen) atoms. The highest BCUT2D eigenvalue weighted by atomic mass is 32.1. The van der Waals surface area contributed by atoms with Crippen LogP contribution >= 0.6 is 23.6 Å². The van der Waals surface area contributed by atoms with E-state index in [9.17, 15) is 0 Å². The molecule has 0 amide bonds. The third-order valence-electron chi connectivity index (χ3n) is 4.89. The highest BCUT2D eigenvalue weighted by Crippen LogP contribution is 2.23. The van der Waals surface area contributed by atoms with Crippen LogP contribution in [0.1, 0.15) is 10.6 Å². The van der Waals surface area contributed by atoms with E-state index in [0.717, 1.165) is 56.3 Å². The van der Waals surface area contributed by atoms with Gasteiger partial charge in [0.2, 0.25) is 0 Å². The molecule has 2 aromatic carbocycles. The first-order chi connectivity index (χ1) is 13.3. The van der Waals surface area contributed by atoms with Gasteiger partial charge in [0.05, 0.1) is 16.8 Å². The predicted molar refractivity (Wildman–Crippen MR) is 117 cm³/mol. The van der Waals surface area contributed by atoms with E-state index in [2.05, 4.69) is 69.7 Å². The zero-order chi connectivity index (χ0) is 18.5. The Balaban J connectivity index is 1.21. The molecular formula is C21H24N4S2. The summed E-state index contributed by atoms with van der Waals surface area (Å²) in [7, 11) is 0. The van der Waals surface area contributed by atoms with E-state index in [1.54, 1.807) is 11.3 Å². The molecule has 0 spiro atoms. The normalized spacial score (nSPS) is 15.2. The van der Waals surface area contributed by atoms with E-state index in [1.165, 1.54) is 15.3 Å². The Morgan fingerprint density at radius 1 is 1.00 bits per heavy atom. The first-order valence-corrected chi connectivity index (χ1v) is 10.6. The molecule has 0 unspecified atom stereocenters. The molecule has 1 saturated heterocycles. The lowest BCUT2D eigenvalue weighted by molar-refractivity contribution is 0.174. The van der Waals surface area contributed by atoms with Gasteiger partial charge in [-0.25, -0.2) is 4.98 Å². The third kappa shape index (κ3) is 4.83. The van der Waals surface area contributed by atoms with Crippen molar-refractivity contribution in [2.75, 3.05) is 32.7 Å². The fourth-order valence-electron chi connectivity index (χ4n) is 3.36. The maximum atomic E-state index is 5.59. The van der Waals surface area contributed by atoms with Gasteiger partial charge in [-0.1, -0.05) is 42.5 Å². The van der Waals surface area contributed by atoms with Crippen LogP contribution in [-0.4, -0.2) is 52.6 Å². The van der Waals surface area contributed by atoms with E-state index in [0.29, 0.717) is 0 Å². The summed E-state index contributed by atoms with van der Waals surface area (Å²) in [5.41, 5.74) is 2.45. The highest BCUT2D eigenvalue weighted by molar-refractivity contribution is 7.80. The summed E-state index contributed by atoms with van der Waals surface area (Å²) in [6.07, 6.45) is 0.999. The smallest absolute Gasteiger partial charge is 0.169 e. The van der Waals surface area contributed by atoms with Crippen LogP contribution in [0.25, 0.3) is 10.2 Å². The highest BCUT2D eigenvalue weighted by Gasteiger charge is 2.19. The van der Waals surface area contributed by atoms with Crippen molar-refractivity contribution in [2.45, 2.75) is 13.0 Å². The maximum absolute atomic E-state index is 5.59. The Hall–Kier alpha value is -2.02. The standard InChI is InChI=1S/C21H24N4S2/c26-21(22-11-10-17-6-2-1-3-7-17)25-14-12-24(13-15-25)16-20-23-18-8-4-5-9-19(18)27-20/h1-9H,10-16H2,(H,22,26). The molecule has 140 valence electrons. The summed E-state index contributed by atoms with van der Waals surface area (Å²) in [6, 6.07) is 18.9. The second-order valence-corrected chi connectivity index (χ2v) is 8.31. The van der Waals surface area contributed by atoms with E-state index >= 15 is 0 Å². The van der Waals surface area contributed by atoms with Gasteiger partial charge in [0.15, 0.2) is 5.11 Å². The second-order valence-electron chi connectivity index (χ2n) is 6.81. The van der Waals surface area contributed by atoms with Crippen LogP contribution in [0.3, 0.4) is 0 Å². The molecule has 0 bridgehead atoms. The quantitative estimate of drug-likeness (QED) is 0.667. The lowest BCUT2D eigenvalue weighted by Gasteiger charge is -2.35. The Morgan fingerprint density at radius 3 is 2.52 bits per heavy atom. The number of aromatic nitrogens is 1. The SMILES string of the molecule is S=C(NCCc1ccccc1)N1CCN(Cc2nc3ccccc3s2)CC1. The van der Waals surface area contributed by atoms with Gasteiger partial charge in [0.1, 0.15) is 5.01 Å². The van der Waals surface area contributed by atoms with Crippen molar-refractivity contribution in [3.8, 4) is 0 Å². The molecule has 1 fully saturated rings. The topological polar surface area (TPSA) is 31.4 Å². The number of thiazole rings is 1. The fourth-order valence-corrected chi connectivity index (χ4v) is 4.65. The lowest BCUT2D eigenvalue weighted by atomic mass is 10.1. The molecule has 1 aliphatic rings. The number of para-hydroxylation sites is 1. The summed E-state index contributed by atoms with van der Waals surface area (Å²) in [6.45, 7) is 5.81. The number of thiocarbonyl (C=S) groups is 1. The first kappa shape index (κ1) is 18.3. The Bertz CT molecular complexity index is 852. The van der Waals surface area contributed by atoms with Crippen LogP contribution in [0, 0.1) is 0 Å². The number of fused-ring (bicyclic) bond motifs is 1. The average molecular weight is 397 g/mol. The third-order valence-corrected chi connectivity index (χ3v) is 6.31. The van der Waals surface area contributed by atoms with Crippen LogP contribution < -0.4 is 5.32 Å². The molecule has 0 radical (unpaired) electrons. The monoisotopic (exact) mass is 396 g/mol. The summed E-state index contributed by atoms with van der Waals surface area (Å²) in [5.74, 6) is 0. The van der Waals surface area contributed by atoms with E-state index in [-0.39, 0.29) is 0 Å². The van der Waals surface area contributed by atoms with Gasteiger partial charge < -0.3 is 10.2 Å². The molecule has 1 aromatic heterocycles. The van der Waals surface area contributed by atoms with Crippen LogP contribution in [0.15, 0.2) is 54.6 Å². The molecular weight excluding hydrogens is 372 g/mol. The largest absolute Gasteiger partial charge is 0.362 e. The van der Waals surface area contributed by atoms with Crippen molar-refractivity contribution in [3.63, 3.8) is 0 Å². The molecule has 0 aliphatic carbocycles. The van der Waals surface area contributed by atoms with Gasteiger partial charge >= 0.3 is 0 Å². The van der Waals surface area contributed by atoms with Gasteiger partial charge in [-0.15, -0.1) is 11.3 Å². The number of rotatable bonds is 5. The van der Waals surface area contributed by atoms with Crippen molar-refractivity contribution >= 4 is 38.9 Å². The van der Waals surface area contributed by atoms with Crippen molar-refractivity contribution in [1.29, 1.82) is 0 Å². The number of nitrogens with zero attached hydrogens (tertiary/aromatic N) is 3. The zero-order valence-corrected chi connectivity index (χ0v) is 16.9. The van der Waals surface area contributed by atoms with E-state index in [1.807, 2.05) is 0 Å². The summed E-state index contributed by atoms with van der Waals surface area (Å²) >= 11 is 7.39. The molecule has 6 heteroatoms. The van der Waals surface area contributed by atoms with E-state index < -0.39 is 0 Å². The van der Waals surface area contributed by atoms with Crippen molar-refractivity contribution in [3.05, 3.63) is 65.2 Å². The molecule has 4 nitrogen and oxygen atoms in total. The van der Waals surface area contributed by atoms with Crippen LogP contribution in [0.4, 0.5) is 0 Å². The minimum absolute atomic E-state index is 0.880. The summed E-state index contributed by atoms with van der Waals surface area (Å²) in [4.78, 5) is 9.52. The molecule has 2 heterocycles. The molecule has 1 N–H and O–H groups in total. The van der Waals surface area contributed by atoms with Crippen molar-refractivity contribution < 1.29 is 0 Å². The van der Waals surface area contributed by atoms with Gasteiger partial charge in [-0.05, 0) is 36.3 Å². The fraction of sp³-hybridized carbons (Fsp3) is 0.333. The first-order valence-electron chi connectivity index (χ1n) is 9.41. The lowest BCUT2D eigenvalue weighted by Crippen LogP contribution is -2.51. The van der Waals surface area contributed by atoms with E-state index in [4.69, 9.17) is 17.2 Å². The number of piperazine rings is 1. The predicted octanol–water partition coefficient (Wildman–Crippen LogP) is 3.53. The molecule has 4 rings (SSSR count). The van der Waals surface area contributed by atoms with Crippen LogP contribution in [0.2, 0.25) is 0 Å². The van der Waals surface area contributed by atoms with Gasteiger partial charge in [-0.3, -0.25) is 4.90 Å². The second kappa shape index (κ2) is 8.78. The zero-order valence-electron chi connectivity index (χ0n) is 15.3. The molecule has 0 atom stereocenters. The molecule has 3 aromatic rings. The molecule has 0 saturated carbocycles. The van der Waals surface area contributed by atoms with Crippen LogP contribution in [-0.2, 0) is 13.0 Å². The Kier molecular flexibility index (Phi) is 5.97. The maximum Gasteiger partial charge on any atom is 0.169 e. The van der Waals surface area contributed by atoms with Crippen molar-refractivity contribution in [1.82, 2.24) is 20.1 Å². The van der Waals surface area contributed by atoms with Gasteiger partial charge in [0, 0.05) is 32.7 Å². The Labute approximate surface area is 169 Å². The number of hydrogen-bond donors (Lipinski definition) is 1. The average Bonchev–Trinajstić information content (AvgIpc) is 3.11.